The van der Waals surface area contributed by atoms with Gasteiger partial charge in [0.2, 0.25) is 5.91 Å². The third kappa shape index (κ3) is 6.83. The predicted molar refractivity (Wildman–Crippen MR) is 122 cm³/mol. The lowest BCUT2D eigenvalue weighted by molar-refractivity contribution is -0.130. The molecule has 0 unspecified atom stereocenters. The minimum absolute atomic E-state index is 0.00473. The Kier molecular flexibility index (Phi) is 8.52. The van der Waals surface area contributed by atoms with E-state index in [1.54, 1.807) is 0 Å². The Hall–Kier alpha value is -1.90. The van der Waals surface area contributed by atoms with Crippen LogP contribution >= 0.6 is 0 Å². The van der Waals surface area contributed by atoms with E-state index < -0.39 is 0 Å². The van der Waals surface area contributed by atoms with Crippen LogP contribution in [0.1, 0.15) is 83.1 Å². The van der Waals surface area contributed by atoms with Crippen molar-refractivity contribution < 1.29 is 4.79 Å². The van der Waals surface area contributed by atoms with Gasteiger partial charge in [0.05, 0.1) is 0 Å². The normalized spacial score (nSPS) is 20.1. The van der Waals surface area contributed by atoms with Gasteiger partial charge in [0.1, 0.15) is 0 Å². The Morgan fingerprint density at radius 1 is 1.00 bits per heavy atom. The number of hydrogen-bond donors (Lipinski definition) is 2. The van der Waals surface area contributed by atoms with Crippen LogP contribution in [0.3, 0.4) is 0 Å². The molecule has 0 saturated heterocycles. The van der Waals surface area contributed by atoms with Crippen molar-refractivity contribution in [1.82, 2.24) is 5.32 Å². The van der Waals surface area contributed by atoms with Crippen molar-refractivity contribution >= 4 is 17.7 Å². The highest BCUT2D eigenvalue weighted by molar-refractivity contribution is 5.96. The highest BCUT2D eigenvalue weighted by Gasteiger charge is 2.36. The second-order valence-electron chi connectivity index (χ2n) is 9.20. The van der Waals surface area contributed by atoms with E-state index in [0.29, 0.717) is 24.0 Å². The number of carbonyl (C=O) groups is 1. The standard InChI is InChI=1S/C26H38N2O/c1-20(19-24(27)18-17-21-11-5-2-6-12-21)28-26(29)25(22-13-7-3-8-14-22)23-15-9-4-10-16-23/h2,5-6,11-12,17-18,20,22-23,25,27H,3-4,7-10,13-16,19H2,1H3,(H,28,29)/t20-/m0/s1. The van der Waals surface area contributed by atoms with Gasteiger partial charge in [0, 0.05) is 24.1 Å². The topological polar surface area (TPSA) is 53.0 Å². The summed E-state index contributed by atoms with van der Waals surface area (Å²) in [6, 6.07) is 10.1. The predicted octanol–water partition coefficient (Wildman–Crippen LogP) is 6.39. The first-order valence-corrected chi connectivity index (χ1v) is 11.7. The fraction of sp³-hybridized carbons (Fsp3) is 0.615. The molecule has 1 atom stereocenters. The summed E-state index contributed by atoms with van der Waals surface area (Å²) in [5.41, 5.74) is 1.66. The lowest BCUT2D eigenvalue weighted by Crippen LogP contribution is -2.44. The SMILES string of the molecule is C[C@@H](CC(=N)C=Cc1ccccc1)NC(=O)C(C1CCCCC1)C1CCCCC1. The molecule has 1 amide bonds. The third-order valence-corrected chi connectivity index (χ3v) is 6.81. The summed E-state index contributed by atoms with van der Waals surface area (Å²) in [5, 5.41) is 11.6. The summed E-state index contributed by atoms with van der Waals surface area (Å²) >= 11 is 0. The maximum atomic E-state index is 13.3. The van der Waals surface area contributed by atoms with Crippen LogP contribution in [0.4, 0.5) is 0 Å². The molecule has 29 heavy (non-hydrogen) atoms. The molecule has 158 valence electrons. The van der Waals surface area contributed by atoms with Crippen molar-refractivity contribution in [3.05, 3.63) is 42.0 Å². The first kappa shape index (κ1) is 21.8. The Balaban J connectivity index is 1.56. The van der Waals surface area contributed by atoms with Crippen molar-refractivity contribution in [3.8, 4) is 0 Å². The van der Waals surface area contributed by atoms with Gasteiger partial charge in [0.25, 0.3) is 0 Å². The van der Waals surface area contributed by atoms with Gasteiger partial charge in [-0.05, 0) is 56.1 Å². The van der Waals surface area contributed by atoms with E-state index in [-0.39, 0.29) is 17.9 Å². The largest absolute Gasteiger partial charge is 0.353 e. The highest BCUT2D eigenvalue weighted by atomic mass is 16.2. The monoisotopic (exact) mass is 394 g/mol. The molecule has 3 heteroatoms. The first-order valence-electron chi connectivity index (χ1n) is 11.7. The molecule has 3 nitrogen and oxygen atoms in total. The maximum Gasteiger partial charge on any atom is 0.223 e. The number of amides is 1. The lowest BCUT2D eigenvalue weighted by atomic mass is 9.69. The van der Waals surface area contributed by atoms with Gasteiger partial charge in [0.15, 0.2) is 0 Å². The fourth-order valence-corrected chi connectivity index (χ4v) is 5.35. The quantitative estimate of drug-likeness (QED) is 0.493. The fourth-order valence-electron chi connectivity index (χ4n) is 5.35. The zero-order valence-corrected chi connectivity index (χ0v) is 18.0. The van der Waals surface area contributed by atoms with E-state index in [1.165, 1.54) is 64.2 Å². The summed E-state index contributed by atoms with van der Waals surface area (Å²) < 4.78 is 0. The summed E-state index contributed by atoms with van der Waals surface area (Å²) in [4.78, 5) is 13.3. The number of allylic oxidation sites excluding steroid dienone is 1. The zero-order valence-electron chi connectivity index (χ0n) is 18.0. The Morgan fingerprint density at radius 2 is 1.55 bits per heavy atom. The number of benzene rings is 1. The molecule has 1 aromatic rings. The maximum absolute atomic E-state index is 13.3. The van der Waals surface area contributed by atoms with Crippen LogP contribution < -0.4 is 5.32 Å². The van der Waals surface area contributed by atoms with Gasteiger partial charge < -0.3 is 10.7 Å². The second-order valence-corrected chi connectivity index (χ2v) is 9.20. The Labute approximate surface area is 176 Å². The molecule has 0 bridgehead atoms. The van der Waals surface area contributed by atoms with Crippen molar-refractivity contribution in [1.29, 1.82) is 5.41 Å². The van der Waals surface area contributed by atoms with Crippen molar-refractivity contribution in [2.75, 3.05) is 0 Å². The molecule has 0 heterocycles. The molecule has 2 fully saturated rings. The van der Waals surface area contributed by atoms with Gasteiger partial charge in [-0.3, -0.25) is 4.79 Å². The molecule has 3 rings (SSSR count). The minimum atomic E-state index is 0.00473. The van der Waals surface area contributed by atoms with E-state index in [9.17, 15) is 4.79 Å². The number of rotatable bonds is 8. The lowest BCUT2D eigenvalue weighted by Gasteiger charge is -2.37. The average Bonchev–Trinajstić information content (AvgIpc) is 2.74. The van der Waals surface area contributed by atoms with Gasteiger partial charge in [-0.15, -0.1) is 0 Å². The molecule has 2 aliphatic carbocycles. The Bertz CT molecular complexity index is 651. The third-order valence-electron chi connectivity index (χ3n) is 6.81. The van der Waals surface area contributed by atoms with Crippen LogP contribution in [-0.2, 0) is 4.79 Å². The molecule has 2 aliphatic rings. The van der Waals surface area contributed by atoms with E-state index in [2.05, 4.69) is 5.32 Å². The van der Waals surface area contributed by atoms with E-state index in [0.717, 1.165) is 5.56 Å². The van der Waals surface area contributed by atoms with Crippen molar-refractivity contribution in [2.24, 2.45) is 17.8 Å². The van der Waals surface area contributed by atoms with Crippen LogP contribution in [0, 0.1) is 23.2 Å². The van der Waals surface area contributed by atoms with Crippen LogP contribution in [0.2, 0.25) is 0 Å². The summed E-state index contributed by atoms with van der Waals surface area (Å²) in [6.07, 6.45) is 17.1. The molecule has 0 aliphatic heterocycles. The zero-order chi connectivity index (χ0) is 20.5. The van der Waals surface area contributed by atoms with Gasteiger partial charge >= 0.3 is 0 Å². The van der Waals surface area contributed by atoms with Crippen LogP contribution in [-0.4, -0.2) is 17.7 Å². The molecule has 0 radical (unpaired) electrons. The molecule has 0 aromatic heterocycles. The second kappa shape index (κ2) is 11.3. The first-order chi connectivity index (χ1) is 14.1. The average molecular weight is 395 g/mol. The highest BCUT2D eigenvalue weighted by Crippen LogP contribution is 2.40. The summed E-state index contributed by atoms with van der Waals surface area (Å²) in [7, 11) is 0. The van der Waals surface area contributed by atoms with Gasteiger partial charge in [-0.1, -0.05) is 74.9 Å². The molecular weight excluding hydrogens is 356 g/mol. The van der Waals surface area contributed by atoms with E-state index in [1.807, 2.05) is 49.4 Å². The van der Waals surface area contributed by atoms with Crippen molar-refractivity contribution in [3.63, 3.8) is 0 Å². The number of nitrogens with one attached hydrogen (secondary N) is 2. The van der Waals surface area contributed by atoms with Gasteiger partial charge in [-0.2, -0.15) is 0 Å². The summed E-state index contributed by atoms with van der Waals surface area (Å²) in [5.74, 6) is 1.58. The van der Waals surface area contributed by atoms with E-state index >= 15 is 0 Å². The molecule has 2 N–H and O–H groups in total. The van der Waals surface area contributed by atoms with Crippen molar-refractivity contribution in [2.45, 2.75) is 83.6 Å². The molecular formula is C26H38N2O. The van der Waals surface area contributed by atoms with E-state index in [4.69, 9.17) is 5.41 Å². The molecule has 2 saturated carbocycles. The van der Waals surface area contributed by atoms with Crippen LogP contribution in [0.5, 0.6) is 0 Å². The molecule has 0 spiro atoms. The summed E-state index contributed by atoms with van der Waals surface area (Å²) in [6.45, 7) is 2.04. The number of carbonyl (C=O) groups excluding carboxylic acids is 1. The minimum Gasteiger partial charge on any atom is -0.353 e. The Morgan fingerprint density at radius 3 is 2.10 bits per heavy atom. The smallest absolute Gasteiger partial charge is 0.223 e. The van der Waals surface area contributed by atoms with Crippen LogP contribution in [0.25, 0.3) is 6.08 Å². The molecule has 1 aromatic carbocycles. The van der Waals surface area contributed by atoms with Gasteiger partial charge in [-0.25, -0.2) is 0 Å². The number of hydrogen-bond acceptors (Lipinski definition) is 2. The van der Waals surface area contributed by atoms with Crippen LogP contribution in [0.15, 0.2) is 36.4 Å².